The molecule has 4 nitrogen and oxygen atoms in total. The minimum atomic E-state index is -0.504. The maximum atomic E-state index is 11.3. The number of carbonyl (C=O) groups excluding carboxylic acids is 1. The van der Waals surface area contributed by atoms with Crippen molar-refractivity contribution >= 4 is 29.5 Å². The van der Waals surface area contributed by atoms with Crippen molar-refractivity contribution < 1.29 is 4.79 Å². The molecule has 0 aliphatic rings. The predicted molar refractivity (Wildman–Crippen MR) is 80.0 cm³/mol. The maximum Gasteiger partial charge on any atom is 0.272 e. The molecule has 102 valence electrons. The number of hydrogen-bond donors (Lipinski definition) is 2. The van der Waals surface area contributed by atoms with Gasteiger partial charge in [-0.25, -0.2) is 0 Å². The number of hydrogen-bond acceptors (Lipinski definition) is 1. The molecule has 1 amide bonds. The number of benzene rings is 1. The highest BCUT2D eigenvalue weighted by Crippen LogP contribution is 2.30. The van der Waals surface area contributed by atoms with Crippen molar-refractivity contribution in [2.75, 3.05) is 0 Å². The van der Waals surface area contributed by atoms with E-state index in [4.69, 9.17) is 23.1 Å². The molecule has 1 rings (SSSR count). The minimum Gasteiger partial charge on any atom is -0.370 e. The van der Waals surface area contributed by atoms with Crippen LogP contribution in [0, 0.1) is 0 Å². The van der Waals surface area contributed by atoms with Gasteiger partial charge in [0.1, 0.15) is 0 Å². The van der Waals surface area contributed by atoms with Crippen molar-refractivity contribution in [3.8, 4) is 0 Å². The number of rotatable bonds is 2. The quantitative estimate of drug-likeness (QED) is 0.496. The van der Waals surface area contributed by atoms with Crippen molar-refractivity contribution in [3.63, 3.8) is 0 Å². The third-order valence-electron chi connectivity index (χ3n) is 2.46. The van der Waals surface area contributed by atoms with Gasteiger partial charge in [0.25, 0.3) is 5.91 Å². The molecular formula is C14H18ClN3O. The van der Waals surface area contributed by atoms with Crippen LogP contribution in [-0.2, 0) is 10.2 Å². The van der Waals surface area contributed by atoms with Gasteiger partial charge in [0.05, 0.1) is 0 Å². The van der Waals surface area contributed by atoms with Gasteiger partial charge in [-0.3, -0.25) is 4.79 Å². The summed E-state index contributed by atoms with van der Waals surface area (Å²) in [4.78, 5) is 14.7. The van der Waals surface area contributed by atoms with E-state index in [9.17, 15) is 4.79 Å². The zero-order chi connectivity index (χ0) is 14.6. The Balaban J connectivity index is 2.94. The zero-order valence-corrected chi connectivity index (χ0v) is 12.0. The Bertz CT molecular complexity index is 538. The fourth-order valence-electron chi connectivity index (χ4n) is 1.58. The lowest BCUT2D eigenvalue weighted by Gasteiger charge is -2.20. The molecule has 5 heteroatoms. The van der Waals surface area contributed by atoms with Gasteiger partial charge in [-0.05, 0) is 28.7 Å². The smallest absolute Gasteiger partial charge is 0.272 e. The van der Waals surface area contributed by atoms with E-state index in [0.29, 0.717) is 5.02 Å². The van der Waals surface area contributed by atoms with Crippen LogP contribution in [0.2, 0.25) is 5.02 Å². The molecule has 19 heavy (non-hydrogen) atoms. The van der Waals surface area contributed by atoms with E-state index in [2.05, 4.69) is 25.8 Å². The Labute approximate surface area is 118 Å². The average Bonchev–Trinajstić information content (AvgIpc) is 2.23. The molecule has 0 saturated heterocycles. The molecular weight excluding hydrogens is 262 g/mol. The molecule has 0 bridgehead atoms. The molecule has 1 aromatic rings. The van der Waals surface area contributed by atoms with Crippen LogP contribution in [0.15, 0.2) is 29.3 Å². The molecule has 0 aliphatic heterocycles. The summed E-state index contributed by atoms with van der Waals surface area (Å²) in [5.74, 6) is -0.758. The van der Waals surface area contributed by atoms with Crippen LogP contribution in [0.1, 0.15) is 31.9 Å². The Morgan fingerprint density at radius 3 is 2.42 bits per heavy atom. The monoisotopic (exact) mass is 279 g/mol. The molecule has 0 aromatic heterocycles. The van der Waals surface area contributed by atoms with E-state index in [0.717, 1.165) is 11.1 Å². The normalized spacial score (nSPS) is 11.6. The highest BCUT2D eigenvalue weighted by Gasteiger charge is 2.16. The summed E-state index contributed by atoms with van der Waals surface area (Å²) in [5, 5.41) is 0.670. The lowest BCUT2D eigenvalue weighted by atomic mass is 9.86. The van der Waals surface area contributed by atoms with Crippen molar-refractivity contribution in [1.82, 2.24) is 0 Å². The molecule has 0 atom stereocenters. The fourth-order valence-corrected chi connectivity index (χ4v) is 2.05. The second kappa shape index (κ2) is 5.89. The predicted octanol–water partition coefficient (Wildman–Crippen LogP) is 2.45. The number of nitrogens with two attached hydrogens (primary N) is 2. The highest BCUT2D eigenvalue weighted by molar-refractivity contribution is 6.31. The van der Waals surface area contributed by atoms with Crippen LogP contribution in [0.25, 0.3) is 6.08 Å². The molecule has 0 heterocycles. The topological polar surface area (TPSA) is 81.5 Å². The van der Waals surface area contributed by atoms with E-state index >= 15 is 0 Å². The summed E-state index contributed by atoms with van der Waals surface area (Å²) in [6.07, 6.45) is 2.91. The van der Waals surface area contributed by atoms with Gasteiger partial charge in [0.15, 0.2) is 5.96 Å². The number of carbonyl (C=O) groups is 1. The van der Waals surface area contributed by atoms with Gasteiger partial charge in [-0.1, -0.05) is 44.5 Å². The number of amides is 1. The fraction of sp³-hybridized carbons (Fsp3) is 0.286. The Morgan fingerprint density at radius 2 is 1.95 bits per heavy atom. The van der Waals surface area contributed by atoms with Gasteiger partial charge in [0.2, 0.25) is 0 Å². The second-order valence-corrected chi connectivity index (χ2v) is 5.60. The second-order valence-electron chi connectivity index (χ2n) is 5.20. The molecule has 0 unspecified atom stereocenters. The van der Waals surface area contributed by atoms with E-state index in [1.54, 1.807) is 12.1 Å². The first-order chi connectivity index (χ1) is 8.70. The Morgan fingerprint density at radius 1 is 1.32 bits per heavy atom. The molecule has 0 saturated carbocycles. The maximum absolute atomic E-state index is 11.3. The van der Waals surface area contributed by atoms with Crippen LogP contribution in [-0.4, -0.2) is 11.9 Å². The largest absolute Gasteiger partial charge is 0.370 e. The van der Waals surface area contributed by atoms with Gasteiger partial charge >= 0.3 is 0 Å². The zero-order valence-electron chi connectivity index (χ0n) is 11.3. The van der Waals surface area contributed by atoms with Crippen molar-refractivity contribution in [2.24, 2.45) is 16.5 Å². The average molecular weight is 280 g/mol. The van der Waals surface area contributed by atoms with Crippen LogP contribution in [0.5, 0.6) is 0 Å². The number of guanidine groups is 1. The summed E-state index contributed by atoms with van der Waals surface area (Å²) in [7, 11) is 0. The Kier molecular flexibility index (Phi) is 4.72. The van der Waals surface area contributed by atoms with Crippen LogP contribution >= 0.6 is 11.6 Å². The van der Waals surface area contributed by atoms with E-state index in [-0.39, 0.29) is 11.4 Å². The van der Waals surface area contributed by atoms with Crippen molar-refractivity contribution in [2.45, 2.75) is 26.2 Å². The molecule has 0 spiro atoms. The summed E-state index contributed by atoms with van der Waals surface area (Å²) >= 11 is 6.23. The lowest BCUT2D eigenvalue weighted by molar-refractivity contribution is -0.113. The van der Waals surface area contributed by atoms with Crippen molar-refractivity contribution in [3.05, 3.63) is 40.4 Å². The number of aliphatic imine (C=N–C) groups is 1. The summed E-state index contributed by atoms with van der Waals surface area (Å²) in [6, 6.07) is 5.65. The van der Waals surface area contributed by atoms with Crippen LogP contribution < -0.4 is 11.5 Å². The third kappa shape index (κ3) is 4.75. The summed E-state index contributed by atoms with van der Waals surface area (Å²) in [6.45, 7) is 6.27. The first-order valence-electron chi connectivity index (χ1n) is 5.82. The lowest BCUT2D eigenvalue weighted by Crippen LogP contribution is -2.23. The first kappa shape index (κ1) is 15.2. The highest BCUT2D eigenvalue weighted by atomic mass is 35.5. The summed E-state index contributed by atoms with van der Waals surface area (Å²) < 4.78 is 0. The third-order valence-corrected chi connectivity index (χ3v) is 2.77. The molecule has 0 aliphatic carbocycles. The van der Waals surface area contributed by atoms with E-state index in [1.807, 2.05) is 12.1 Å². The van der Waals surface area contributed by atoms with Gasteiger partial charge in [-0.2, -0.15) is 4.99 Å². The Hall–Kier alpha value is -1.81. The molecule has 1 aromatic carbocycles. The number of nitrogens with zero attached hydrogens (tertiary/aromatic N) is 1. The molecule has 0 fully saturated rings. The van der Waals surface area contributed by atoms with Crippen LogP contribution in [0.3, 0.4) is 0 Å². The molecule has 0 radical (unpaired) electrons. The van der Waals surface area contributed by atoms with E-state index < -0.39 is 5.91 Å². The van der Waals surface area contributed by atoms with Crippen molar-refractivity contribution in [1.29, 1.82) is 0 Å². The molecule has 4 N–H and O–H groups in total. The standard InChI is InChI=1S/C14H18ClN3O/c1-14(2,3)10-6-4-9(8-11(10)15)5-7-12(19)18-13(16)17/h4-8H,1-3H3,(H4,16,17,18,19)/b7-5+. The number of halogens is 1. The minimum absolute atomic E-state index is 0.0204. The van der Waals surface area contributed by atoms with E-state index in [1.165, 1.54) is 6.08 Å². The van der Waals surface area contributed by atoms with Gasteiger partial charge in [-0.15, -0.1) is 0 Å². The summed E-state index contributed by atoms with van der Waals surface area (Å²) in [5.41, 5.74) is 12.1. The van der Waals surface area contributed by atoms with Gasteiger partial charge < -0.3 is 11.5 Å². The van der Waals surface area contributed by atoms with Gasteiger partial charge in [0, 0.05) is 11.1 Å². The van der Waals surface area contributed by atoms with Crippen LogP contribution in [0.4, 0.5) is 0 Å². The SMILES string of the molecule is CC(C)(C)c1ccc(/C=C/C(=O)N=C(N)N)cc1Cl. The first-order valence-corrected chi connectivity index (χ1v) is 6.19.